The highest BCUT2D eigenvalue weighted by molar-refractivity contribution is 5.89. The van der Waals surface area contributed by atoms with E-state index in [2.05, 4.69) is 0 Å². The molecule has 1 aliphatic rings. The Morgan fingerprint density at radius 1 is 1.00 bits per heavy atom. The van der Waals surface area contributed by atoms with Crippen LogP contribution in [-0.4, -0.2) is 51.1 Å². The standard InChI is InChI=1S/C21H22N2O5/c22-21(20(27)28)12-17(19(25)26)23(13-21)18(24)11-16(14-7-3-1-4-8-14)15-9-5-2-6-10-15/h1-10,16-17H,11-13,22H2,(H,25,26)(H,27,28). The molecular weight excluding hydrogens is 360 g/mol. The van der Waals surface area contributed by atoms with E-state index in [4.69, 9.17) is 5.73 Å². The molecule has 0 bridgehead atoms. The monoisotopic (exact) mass is 382 g/mol. The third-order valence-corrected chi connectivity index (χ3v) is 5.20. The highest BCUT2D eigenvalue weighted by Gasteiger charge is 2.51. The molecule has 28 heavy (non-hydrogen) atoms. The van der Waals surface area contributed by atoms with E-state index in [9.17, 15) is 24.6 Å². The quantitative estimate of drug-likeness (QED) is 0.699. The van der Waals surface area contributed by atoms with Crippen LogP contribution in [0.25, 0.3) is 0 Å². The van der Waals surface area contributed by atoms with E-state index in [1.807, 2.05) is 60.7 Å². The summed E-state index contributed by atoms with van der Waals surface area (Å²) in [7, 11) is 0. The molecule has 1 saturated heterocycles. The number of carboxylic acid groups (broad SMARTS) is 2. The van der Waals surface area contributed by atoms with E-state index in [1.54, 1.807) is 0 Å². The lowest BCUT2D eigenvalue weighted by molar-refractivity contribution is -0.148. The minimum atomic E-state index is -1.76. The number of carbonyl (C=O) groups excluding carboxylic acids is 1. The Balaban J connectivity index is 1.89. The van der Waals surface area contributed by atoms with Gasteiger partial charge in [-0.25, -0.2) is 4.79 Å². The Morgan fingerprint density at radius 2 is 1.50 bits per heavy atom. The van der Waals surface area contributed by atoms with Gasteiger partial charge in [0.25, 0.3) is 0 Å². The normalized spacial score (nSPS) is 21.6. The first-order chi connectivity index (χ1) is 13.3. The number of benzene rings is 2. The lowest BCUT2D eigenvalue weighted by Gasteiger charge is -2.25. The molecule has 1 heterocycles. The van der Waals surface area contributed by atoms with E-state index < -0.39 is 29.4 Å². The molecule has 3 rings (SSSR count). The van der Waals surface area contributed by atoms with Crippen LogP contribution in [0.2, 0.25) is 0 Å². The fraction of sp³-hybridized carbons (Fsp3) is 0.286. The fourth-order valence-corrected chi connectivity index (χ4v) is 3.66. The van der Waals surface area contributed by atoms with Gasteiger partial charge in [0.05, 0.1) is 6.54 Å². The van der Waals surface area contributed by atoms with Crippen molar-refractivity contribution in [2.45, 2.75) is 30.3 Å². The zero-order chi connectivity index (χ0) is 20.3. The number of likely N-dealkylation sites (tertiary alicyclic amines) is 1. The molecule has 2 unspecified atom stereocenters. The Kier molecular flexibility index (Phi) is 5.46. The number of amides is 1. The second-order valence-corrected chi connectivity index (χ2v) is 7.12. The van der Waals surface area contributed by atoms with Crippen molar-refractivity contribution in [2.24, 2.45) is 5.73 Å². The van der Waals surface area contributed by atoms with Crippen LogP contribution in [-0.2, 0) is 14.4 Å². The van der Waals surface area contributed by atoms with Crippen molar-refractivity contribution in [3.63, 3.8) is 0 Å². The number of hydrogen-bond acceptors (Lipinski definition) is 4. The smallest absolute Gasteiger partial charge is 0.326 e. The Bertz CT molecular complexity index is 831. The summed E-state index contributed by atoms with van der Waals surface area (Å²) < 4.78 is 0. The Labute approximate surface area is 162 Å². The van der Waals surface area contributed by atoms with Crippen molar-refractivity contribution in [3.05, 3.63) is 71.8 Å². The van der Waals surface area contributed by atoms with Gasteiger partial charge in [-0.3, -0.25) is 9.59 Å². The predicted octanol–water partition coefficient (Wildman–Crippen LogP) is 1.68. The van der Waals surface area contributed by atoms with Gasteiger partial charge in [0.2, 0.25) is 5.91 Å². The first-order valence-corrected chi connectivity index (χ1v) is 8.96. The van der Waals surface area contributed by atoms with Crippen molar-refractivity contribution >= 4 is 17.8 Å². The molecule has 146 valence electrons. The van der Waals surface area contributed by atoms with E-state index in [0.29, 0.717) is 0 Å². The summed E-state index contributed by atoms with van der Waals surface area (Å²) in [5, 5.41) is 18.8. The summed E-state index contributed by atoms with van der Waals surface area (Å²) in [5.41, 5.74) is 5.94. The van der Waals surface area contributed by atoms with E-state index in [-0.39, 0.29) is 25.3 Å². The maximum Gasteiger partial charge on any atom is 0.326 e. The van der Waals surface area contributed by atoms with Crippen LogP contribution in [0.3, 0.4) is 0 Å². The molecule has 1 fully saturated rings. The number of nitrogens with zero attached hydrogens (tertiary/aromatic N) is 1. The molecule has 7 heteroatoms. The van der Waals surface area contributed by atoms with Crippen LogP contribution >= 0.6 is 0 Å². The molecule has 0 spiro atoms. The van der Waals surface area contributed by atoms with Gasteiger partial charge in [-0.15, -0.1) is 0 Å². The molecule has 0 radical (unpaired) electrons. The number of hydrogen-bond donors (Lipinski definition) is 3. The van der Waals surface area contributed by atoms with Crippen LogP contribution in [0.4, 0.5) is 0 Å². The minimum absolute atomic E-state index is 0.0213. The molecule has 1 aliphatic heterocycles. The first kappa shape index (κ1) is 19.6. The minimum Gasteiger partial charge on any atom is -0.480 e. The van der Waals surface area contributed by atoms with Gasteiger partial charge >= 0.3 is 11.9 Å². The highest BCUT2D eigenvalue weighted by Crippen LogP contribution is 2.32. The zero-order valence-electron chi connectivity index (χ0n) is 15.2. The molecule has 0 saturated carbocycles. The molecule has 7 nitrogen and oxygen atoms in total. The molecule has 0 aliphatic carbocycles. The Hall–Kier alpha value is -3.19. The number of carbonyl (C=O) groups is 3. The summed E-state index contributed by atoms with van der Waals surface area (Å²) in [6, 6.07) is 17.7. The third-order valence-electron chi connectivity index (χ3n) is 5.20. The summed E-state index contributed by atoms with van der Waals surface area (Å²) in [6.07, 6.45) is -0.293. The lowest BCUT2D eigenvalue weighted by Crippen LogP contribution is -2.50. The zero-order valence-corrected chi connectivity index (χ0v) is 15.2. The van der Waals surface area contributed by atoms with Crippen LogP contribution in [0.1, 0.15) is 29.9 Å². The van der Waals surface area contributed by atoms with Gasteiger partial charge in [0.1, 0.15) is 11.6 Å². The summed E-state index contributed by atoms with van der Waals surface area (Å²) >= 11 is 0. The molecule has 2 atom stereocenters. The average molecular weight is 382 g/mol. The molecule has 1 amide bonds. The van der Waals surface area contributed by atoms with Crippen LogP contribution in [0.5, 0.6) is 0 Å². The van der Waals surface area contributed by atoms with Crippen LogP contribution in [0, 0.1) is 0 Å². The summed E-state index contributed by atoms with van der Waals surface area (Å²) in [4.78, 5) is 37.2. The molecule has 0 aromatic heterocycles. The number of aliphatic carboxylic acids is 2. The van der Waals surface area contributed by atoms with Crippen LogP contribution < -0.4 is 5.73 Å². The van der Waals surface area contributed by atoms with Crippen molar-refractivity contribution in [1.82, 2.24) is 4.90 Å². The maximum absolute atomic E-state index is 13.0. The second-order valence-electron chi connectivity index (χ2n) is 7.12. The SMILES string of the molecule is NC1(C(=O)O)CC(C(=O)O)N(C(=O)CC(c2ccccc2)c2ccccc2)C1. The van der Waals surface area contributed by atoms with Crippen molar-refractivity contribution in [1.29, 1.82) is 0 Å². The van der Waals surface area contributed by atoms with Gasteiger partial charge in [-0.1, -0.05) is 60.7 Å². The molecular formula is C21H22N2O5. The van der Waals surface area contributed by atoms with Gasteiger partial charge in [-0.2, -0.15) is 0 Å². The van der Waals surface area contributed by atoms with Gasteiger partial charge in [-0.05, 0) is 11.1 Å². The van der Waals surface area contributed by atoms with E-state index in [0.717, 1.165) is 16.0 Å². The molecule has 2 aromatic rings. The number of nitrogens with two attached hydrogens (primary N) is 1. The third kappa shape index (κ3) is 3.89. The van der Waals surface area contributed by atoms with Crippen molar-refractivity contribution in [3.8, 4) is 0 Å². The molecule has 2 aromatic carbocycles. The average Bonchev–Trinajstić information content (AvgIpc) is 3.07. The maximum atomic E-state index is 13.0. The topological polar surface area (TPSA) is 121 Å². The summed E-state index contributed by atoms with van der Waals surface area (Å²) in [6.45, 7) is -0.325. The van der Waals surface area contributed by atoms with Crippen molar-refractivity contribution < 1.29 is 24.6 Å². The van der Waals surface area contributed by atoms with Gasteiger partial charge in [0.15, 0.2) is 0 Å². The van der Waals surface area contributed by atoms with E-state index in [1.165, 1.54) is 0 Å². The largest absolute Gasteiger partial charge is 0.480 e. The predicted molar refractivity (Wildman–Crippen MR) is 102 cm³/mol. The van der Waals surface area contributed by atoms with Crippen LogP contribution in [0.15, 0.2) is 60.7 Å². The van der Waals surface area contributed by atoms with E-state index >= 15 is 0 Å². The van der Waals surface area contributed by atoms with Crippen molar-refractivity contribution in [2.75, 3.05) is 6.54 Å². The Morgan fingerprint density at radius 3 is 1.93 bits per heavy atom. The number of rotatable bonds is 6. The summed E-state index contributed by atoms with van der Waals surface area (Å²) in [5.74, 6) is -3.27. The highest BCUT2D eigenvalue weighted by atomic mass is 16.4. The van der Waals surface area contributed by atoms with Gasteiger partial charge < -0.3 is 20.8 Å². The lowest BCUT2D eigenvalue weighted by atomic mass is 9.88. The van der Waals surface area contributed by atoms with Gasteiger partial charge in [0, 0.05) is 18.8 Å². The first-order valence-electron chi connectivity index (χ1n) is 8.96. The second kappa shape index (κ2) is 7.82. The molecule has 4 N–H and O–H groups in total. The fourth-order valence-electron chi connectivity index (χ4n) is 3.66. The number of carboxylic acids is 2.